The topological polar surface area (TPSA) is 89.6 Å². The van der Waals surface area contributed by atoms with E-state index < -0.39 is 0 Å². The van der Waals surface area contributed by atoms with Crippen molar-refractivity contribution in [3.8, 4) is 11.5 Å². The Morgan fingerprint density at radius 3 is 2.76 bits per heavy atom. The van der Waals surface area contributed by atoms with E-state index in [9.17, 15) is 9.59 Å². The average Bonchev–Trinajstić information content (AvgIpc) is 3.18. The summed E-state index contributed by atoms with van der Waals surface area (Å²) in [5, 5.41) is 6.02. The summed E-state index contributed by atoms with van der Waals surface area (Å²) in [5.41, 5.74) is 1.80. The standard InChI is InChI=1S/C17H13N3O4S/c1-9(21)18-17-20-12-7-11(3-5-15(12)25-17)19-16(22)10-2-4-13-14(6-10)24-8-23-13/h2-7H,8H2,1H3,(H,19,22)(H,18,20,21). The zero-order valence-corrected chi connectivity index (χ0v) is 14.0. The zero-order valence-electron chi connectivity index (χ0n) is 13.2. The summed E-state index contributed by atoms with van der Waals surface area (Å²) in [7, 11) is 0. The third-order valence-electron chi connectivity index (χ3n) is 3.56. The van der Waals surface area contributed by atoms with E-state index in [0.717, 1.165) is 4.70 Å². The first-order chi connectivity index (χ1) is 12.1. The van der Waals surface area contributed by atoms with Gasteiger partial charge in [0.1, 0.15) is 0 Å². The summed E-state index contributed by atoms with van der Waals surface area (Å²) < 4.78 is 11.4. The highest BCUT2D eigenvalue weighted by Crippen LogP contribution is 2.33. The van der Waals surface area contributed by atoms with Gasteiger partial charge < -0.3 is 20.1 Å². The number of thiazole rings is 1. The summed E-state index contributed by atoms with van der Waals surface area (Å²) in [4.78, 5) is 27.9. The highest BCUT2D eigenvalue weighted by atomic mass is 32.1. The number of hydrogen-bond donors (Lipinski definition) is 2. The number of carbonyl (C=O) groups is 2. The maximum absolute atomic E-state index is 12.4. The van der Waals surface area contributed by atoms with Crippen LogP contribution >= 0.6 is 11.3 Å². The van der Waals surface area contributed by atoms with Crippen LogP contribution in [0.4, 0.5) is 10.8 Å². The summed E-state index contributed by atoms with van der Waals surface area (Å²) >= 11 is 1.38. The number of ether oxygens (including phenoxy) is 2. The lowest BCUT2D eigenvalue weighted by molar-refractivity contribution is -0.114. The van der Waals surface area contributed by atoms with Crippen molar-refractivity contribution in [3.63, 3.8) is 0 Å². The minimum atomic E-state index is -0.255. The van der Waals surface area contributed by atoms with Crippen molar-refractivity contribution in [2.24, 2.45) is 0 Å². The maximum Gasteiger partial charge on any atom is 0.255 e. The molecule has 0 radical (unpaired) electrons. The molecule has 0 atom stereocenters. The van der Waals surface area contributed by atoms with Gasteiger partial charge in [-0.3, -0.25) is 9.59 Å². The molecule has 0 fully saturated rings. The van der Waals surface area contributed by atoms with Gasteiger partial charge in [0.25, 0.3) is 5.91 Å². The summed E-state index contributed by atoms with van der Waals surface area (Å²) in [6.07, 6.45) is 0. The molecule has 2 N–H and O–H groups in total. The van der Waals surface area contributed by atoms with Gasteiger partial charge in [0, 0.05) is 18.2 Å². The molecule has 8 heteroatoms. The molecule has 4 rings (SSSR count). The second-order valence-corrected chi connectivity index (χ2v) is 6.44. The molecule has 1 aliphatic heterocycles. The number of anilines is 2. The lowest BCUT2D eigenvalue weighted by atomic mass is 10.2. The molecule has 126 valence electrons. The van der Waals surface area contributed by atoms with Gasteiger partial charge in [-0.1, -0.05) is 11.3 Å². The minimum absolute atomic E-state index is 0.164. The number of carbonyl (C=O) groups excluding carboxylic acids is 2. The molecular weight excluding hydrogens is 342 g/mol. The average molecular weight is 355 g/mol. The second-order valence-electron chi connectivity index (χ2n) is 5.40. The Kier molecular flexibility index (Phi) is 3.73. The van der Waals surface area contributed by atoms with Gasteiger partial charge in [-0.2, -0.15) is 0 Å². The Morgan fingerprint density at radius 2 is 1.92 bits per heavy atom. The number of hydrogen-bond acceptors (Lipinski definition) is 6. The van der Waals surface area contributed by atoms with Crippen molar-refractivity contribution in [1.82, 2.24) is 4.98 Å². The van der Waals surface area contributed by atoms with Crippen molar-refractivity contribution in [1.29, 1.82) is 0 Å². The number of aromatic nitrogens is 1. The largest absolute Gasteiger partial charge is 0.454 e. The molecule has 0 spiro atoms. The fourth-order valence-electron chi connectivity index (χ4n) is 2.45. The van der Waals surface area contributed by atoms with Gasteiger partial charge in [-0.15, -0.1) is 0 Å². The Hall–Kier alpha value is -3.13. The smallest absolute Gasteiger partial charge is 0.255 e. The minimum Gasteiger partial charge on any atom is -0.454 e. The molecule has 0 saturated carbocycles. The van der Waals surface area contributed by atoms with Crippen LogP contribution in [0.5, 0.6) is 11.5 Å². The van der Waals surface area contributed by atoms with Crippen LogP contribution in [0.15, 0.2) is 36.4 Å². The Labute approximate surface area is 146 Å². The summed E-state index contributed by atoms with van der Waals surface area (Å²) in [6.45, 7) is 1.60. The predicted molar refractivity (Wildman–Crippen MR) is 94.4 cm³/mol. The van der Waals surface area contributed by atoms with Crippen LogP contribution < -0.4 is 20.1 Å². The van der Waals surface area contributed by atoms with Gasteiger partial charge in [-0.25, -0.2) is 4.98 Å². The lowest BCUT2D eigenvalue weighted by Gasteiger charge is -2.06. The third kappa shape index (κ3) is 3.11. The lowest BCUT2D eigenvalue weighted by Crippen LogP contribution is -2.11. The van der Waals surface area contributed by atoms with Gasteiger partial charge in [-0.05, 0) is 36.4 Å². The number of rotatable bonds is 3. The zero-order chi connectivity index (χ0) is 17.4. The Morgan fingerprint density at radius 1 is 1.08 bits per heavy atom. The third-order valence-corrected chi connectivity index (χ3v) is 4.51. The van der Waals surface area contributed by atoms with E-state index in [2.05, 4.69) is 15.6 Å². The fraction of sp³-hybridized carbons (Fsp3) is 0.118. The summed E-state index contributed by atoms with van der Waals surface area (Å²) in [5.74, 6) is 0.763. The van der Waals surface area contributed by atoms with E-state index in [1.807, 2.05) is 6.07 Å². The van der Waals surface area contributed by atoms with Crippen molar-refractivity contribution >= 4 is 44.2 Å². The first-order valence-corrected chi connectivity index (χ1v) is 8.29. The number of nitrogens with zero attached hydrogens (tertiary/aromatic N) is 1. The quantitative estimate of drug-likeness (QED) is 0.753. The second kappa shape index (κ2) is 6.06. The highest BCUT2D eigenvalue weighted by Gasteiger charge is 2.16. The summed E-state index contributed by atoms with van der Waals surface area (Å²) in [6, 6.07) is 10.5. The van der Waals surface area contributed by atoms with E-state index in [1.165, 1.54) is 18.3 Å². The predicted octanol–water partition coefficient (Wildman–Crippen LogP) is 3.24. The van der Waals surface area contributed by atoms with Crippen LogP contribution in [0.2, 0.25) is 0 Å². The normalized spacial score (nSPS) is 12.2. The molecule has 3 aromatic rings. The van der Waals surface area contributed by atoms with Crippen LogP contribution in [0.3, 0.4) is 0 Å². The molecule has 25 heavy (non-hydrogen) atoms. The number of nitrogens with one attached hydrogen (secondary N) is 2. The van der Waals surface area contributed by atoms with E-state index in [0.29, 0.717) is 33.4 Å². The van der Waals surface area contributed by atoms with Crippen LogP contribution in [0.1, 0.15) is 17.3 Å². The highest BCUT2D eigenvalue weighted by molar-refractivity contribution is 7.22. The molecule has 2 aromatic carbocycles. The molecule has 0 bridgehead atoms. The van der Waals surface area contributed by atoms with Crippen molar-refractivity contribution in [3.05, 3.63) is 42.0 Å². The fourth-order valence-corrected chi connectivity index (χ4v) is 3.34. The van der Waals surface area contributed by atoms with Crippen LogP contribution in [0, 0.1) is 0 Å². The molecule has 1 aromatic heterocycles. The van der Waals surface area contributed by atoms with Crippen LogP contribution in [0.25, 0.3) is 10.2 Å². The Balaban J connectivity index is 1.55. The number of amides is 2. The van der Waals surface area contributed by atoms with Crippen molar-refractivity contribution in [2.45, 2.75) is 6.92 Å². The maximum atomic E-state index is 12.4. The number of benzene rings is 2. The molecule has 2 heterocycles. The molecular formula is C17H13N3O4S. The molecule has 7 nitrogen and oxygen atoms in total. The van der Waals surface area contributed by atoms with Gasteiger partial charge in [0.2, 0.25) is 12.7 Å². The van der Waals surface area contributed by atoms with Gasteiger partial charge in [0.05, 0.1) is 10.2 Å². The van der Waals surface area contributed by atoms with Crippen molar-refractivity contribution in [2.75, 3.05) is 17.4 Å². The SMILES string of the molecule is CC(=O)Nc1nc2cc(NC(=O)c3ccc4c(c3)OCO4)ccc2s1. The molecule has 2 amide bonds. The molecule has 0 saturated heterocycles. The first-order valence-electron chi connectivity index (χ1n) is 7.48. The van der Waals surface area contributed by atoms with E-state index in [1.54, 1.807) is 30.3 Å². The first kappa shape index (κ1) is 15.4. The number of fused-ring (bicyclic) bond motifs is 2. The molecule has 0 unspecified atom stereocenters. The Bertz CT molecular complexity index is 999. The van der Waals surface area contributed by atoms with Crippen LogP contribution in [-0.2, 0) is 4.79 Å². The van der Waals surface area contributed by atoms with E-state index in [-0.39, 0.29) is 18.6 Å². The van der Waals surface area contributed by atoms with Crippen molar-refractivity contribution < 1.29 is 19.1 Å². The van der Waals surface area contributed by atoms with Gasteiger partial charge >= 0.3 is 0 Å². The molecule has 0 aliphatic carbocycles. The van der Waals surface area contributed by atoms with E-state index in [4.69, 9.17) is 9.47 Å². The molecule has 1 aliphatic rings. The van der Waals surface area contributed by atoms with Gasteiger partial charge in [0.15, 0.2) is 16.6 Å². The van der Waals surface area contributed by atoms with Crippen LogP contribution in [-0.4, -0.2) is 23.6 Å². The van der Waals surface area contributed by atoms with E-state index >= 15 is 0 Å². The monoisotopic (exact) mass is 355 g/mol.